The Labute approximate surface area is 204 Å². The van der Waals surface area contributed by atoms with Gasteiger partial charge in [0.05, 0.1) is 29.0 Å². The molecule has 9 nitrogen and oxygen atoms in total. The topological polar surface area (TPSA) is 116 Å². The summed E-state index contributed by atoms with van der Waals surface area (Å²) in [5.74, 6) is -0.515. The summed E-state index contributed by atoms with van der Waals surface area (Å²) < 4.78 is 10.8. The molecule has 2 amide bonds. The number of esters is 1. The Kier molecular flexibility index (Phi) is 6.93. The Bertz CT molecular complexity index is 1340. The zero-order valence-corrected chi connectivity index (χ0v) is 19.2. The van der Waals surface area contributed by atoms with Crippen molar-refractivity contribution in [3.05, 3.63) is 105 Å². The summed E-state index contributed by atoms with van der Waals surface area (Å²) in [4.78, 5) is 49.2. The normalized spacial score (nSPS) is 14.3. The lowest BCUT2D eigenvalue weighted by atomic mass is 10.1. The molecule has 4 rings (SSSR count). The molecule has 1 saturated heterocycles. The second-order valence-corrected chi connectivity index (χ2v) is 8.35. The zero-order chi connectivity index (χ0) is 24.9. The number of non-ortho nitro benzene ring substituents is 1. The van der Waals surface area contributed by atoms with Crippen LogP contribution in [0.3, 0.4) is 0 Å². The highest BCUT2D eigenvalue weighted by atomic mass is 32.2. The standard InChI is InChI=1S/C25H18N2O7S/c1-33-21-13-17(9-12-20(21)34-24(29)18-5-3-2-4-6-18)14-22-23(28)26(25(30)35-22)15-16-7-10-19(11-8-16)27(31)32/h2-14H,15H2,1H3/b22-14-. The number of hydrogen-bond acceptors (Lipinski definition) is 8. The van der Waals surface area contributed by atoms with E-state index in [4.69, 9.17) is 9.47 Å². The maximum absolute atomic E-state index is 12.8. The number of methoxy groups -OCH3 is 1. The molecule has 0 aliphatic carbocycles. The lowest BCUT2D eigenvalue weighted by molar-refractivity contribution is -0.384. The number of amides is 2. The molecular formula is C25H18N2O7S. The van der Waals surface area contributed by atoms with Crippen LogP contribution in [0.2, 0.25) is 0 Å². The van der Waals surface area contributed by atoms with E-state index in [1.165, 1.54) is 31.4 Å². The SMILES string of the molecule is COc1cc(/C=C2\SC(=O)N(Cc3ccc([N+](=O)[O-])cc3)C2=O)ccc1OC(=O)c1ccccc1. The quantitative estimate of drug-likeness (QED) is 0.148. The molecule has 0 spiro atoms. The number of hydrogen-bond donors (Lipinski definition) is 0. The first-order valence-electron chi connectivity index (χ1n) is 10.3. The second kappa shape index (κ2) is 10.2. The zero-order valence-electron chi connectivity index (χ0n) is 18.4. The Hall–Kier alpha value is -4.44. The molecule has 0 unspecified atom stereocenters. The molecule has 0 atom stereocenters. The van der Waals surface area contributed by atoms with Gasteiger partial charge in [-0.1, -0.05) is 36.4 Å². The monoisotopic (exact) mass is 490 g/mol. The van der Waals surface area contributed by atoms with Crippen molar-refractivity contribution in [3.63, 3.8) is 0 Å². The lowest BCUT2D eigenvalue weighted by Crippen LogP contribution is -2.27. The number of nitro groups is 1. The number of rotatable bonds is 7. The van der Waals surface area contributed by atoms with Crippen LogP contribution < -0.4 is 9.47 Å². The summed E-state index contributed by atoms with van der Waals surface area (Å²) in [6.45, 7) is -0.00228. The van der Waals surface area contributed by atoms with Crippen molar-refractivity contribution in [3.8, 4) is 11.5 Å². The van der Waals surface area contributed by atoms with Gasteiger partial charge in [0.15, 0.2) is 11.5 Å². The number of carbonyl (C=O) groups excluding carboxylic acids is 3. The predicted molar refractivity (Wildman–Crippen MR) is 129 cm³/mol. The highest BCUT2D eigenvalue weighted by Gasteiger charge is 2.35. The Balaban J connectivity index is 1.49. The van der Waals surface area contributed by atoms with Gasteiger partial charge >= 0.3 is 5.97 Å². The van der Waals surface area contributed by atoms with E-state index in [9.17, 15) is 24.5 Å². The molecule has 0 N–H and O–H groups in total. The smallest absolute Gasteiger partial charge is 0.343 e. The summed E-state index contributed by atoms with van der Waals surface area (Å²) >= 11 is 0.794. The molecule has 0 radical (unpaired) electrons. The summed E-state index contributed by atoms with van der Waals surface area (Å²) in [5.41, 5.74) is 1.47. The molecule has 0 bridgehead atoms. The number of ether oxygens (including phenoxy) is 2. The van der Waals surface area contributed by atoms with Gasteiger partial charge in [0, 0.05) is 12.1 Å². The first-order chi connectivity index (χ1) is 16.9. The third-order valence-electron chi connectivity index (χ3n) is 5.06. The number of thioether (sulfide) groups is 1. The van der Waals surface area contributed by atoms with E-state index in [2.05, 4.69) is 0 Å². The van der Waals surface area contributed by atoms with Crippen molar-refractivity contribution < 1.29 is 28.8 Å². The minimum absolute atomic E-state index is 0.00228. The maximum Gasteiger partial charge on any atom is 0.343 e. The van der Waals surface area contributed by atoms with Gasteiger partial charge in [0.2, 0.25) is 0 Å². The van der Waals surface area contributed by atoms with E-state index in [1.54, 1.807) is 54.6 Å². The molecule has 1 aliphatic rings. The van der Waals surface area contributed by atoms with Crippen molar-refractivity contribution in [2.45, 2.75) is 6.54 Å². The molecule has 1 aliphatic heterocycles. The van der Waals surface area contributed by atoms with E-state index < -0.39 is 22.0 Å². The summed E-state index contributed by atoms with van der Waals surface area (Å²) in [6.07, 6.45) is 1.55. The number of nitrogens with zero attached hydrogens (tertiary/aromatic N) is 2. The Morgan fingerprint density at radius 3 is 2.40 bits per heavy atom. The van der Waals surface area contributed by atoms with Crippen molar-refractivity contribution in [2.75, 3.05) is 7.11 Å². The minimum Gasteiger partial charge on any atom is -0.493 e. The Morgan fingerprint density at radius 2 is 1.74 bits per heavy atom. The van der Waals surface area contributed by atoms with Gasteiger partial charge in [-0.15, -0.1) is 0 Å². The largest absolute Gasteiger partial charge is 0.493 e. The van der Waals surface area contributed by atoms with Gasteiger partial charge in [0.1, 0.15) is 0 Å². The van der Waals surface area contributed by atoms with Crippen LogP contribution in [-0.4, -0.2) is 34.0 Å². The van der Waals surface area contributed by atoms with Crippen LogP contribution in [0.15, 0.2) is 77.7 Å². The van der Waals surface area contributed by atoms with Crippen molar-refractivity contribution in [1.29, 1.82) is 0 Å². The molecule has 3 aromatic rings. The van der Waals surface area contributed by atoms with E-state index >= 15 is 0 Å². The summed E-state index contributed by atoms with van der Waals surface area (Å²) in [5, 5.41) is 10.4. The molecule has 176 valence electrons. The molecular weight excluding hydrogens is 472 g/mol. The third kappa shape index (κ3) is 5.39. The highest BCUT2D eigenvalue weighted by molar-refractivity contribution is 8.18. The molecule has 10 heteroatoms. The fourth-order valence-electron chi connectivity index (χ4n) is 3.28. The minimum atomic E-state index is -0.538. The van der Waals surface area contributed by atoms with Crippen molar-refractivity contribution in [2.24, 2.45) is 0 Å². The molecule has 35 heavy (non-hydrogen) atoms. The fourth-order valence-corrected chi connectivity index (χ4v) is 4.12. The predicted octanol–water partition coefficient (Wildman–Crippen LogP) is 5.06. The van der Waals surface area contributed by atoms with Gasteiger partial charge in [-0.05, 0) is 53.2 Å². The van der Waals surface area contributed by atoms with E-state index in [1.807, 2.05) is 0 Å². The molecule has 0 aromatic heterocycles. The number of benzene rings is 3. The fraction of sp³-hybridized carbons (Fsp3) is 0.0800. The van der Waals surface area contributed by atoms with E-state index in [-0.39, 0.29) is 28.6 Å². The van der Waals surface area contributed by atoms with Crippen LogP contribution in [0.1, 0.15) is 21.5 Å². The number of carbonyl (C=O) groups is 3. The van der Waals surface area contributed by atoms with Crippen LogP contribution >= 0.6 is 11.8 Å². The number of nitro benzene ring substituents is 1. The van der Waals surface area contributed by atoms with Crippen molar-refractivity contribution >= 4 is 40.6 Å². The first kappa shape index (κ1) is 23.7. The molecule has 1 heterocycles. The average Bonchev–Trinajstić information content (AvgIpc) is 3.13. The van der Waals surface area contributed by atoms with E-state index in [0.717, 1.165) is 16.7 Å². The van der Waals surface area contributed by atoms with Gasteiger partial charge in [-0.25, -0.2) is 4.79 Å². The van der Waals surface area contributed by atoms with Gasteiger partial charge < -0.3 is 9.47 Å². The lowest BCUT2D eigenvalue weighted by Gasteiger charge is -2.12. The molecule has 0 saturated carbocycles. The second-order valence-electron chi connectivity index (χ2n) is 7.36. The van der Waals surface area contributed by atoms with Crippen LogP contribution in [0.25, 0.3) is 6.08 Å². The van der Waals surface area contributed by atoms with Crippen LogP contribution in [-0.2, 0) is 11.3 Å². The third-order valence-corrected chi connectivity index (χ3v) is 5.97. The highest BCUT2D eigenvalue weighted by Crippen LogP contribution is 2.35. The van der Waals surface area contributed by atoms with Gasteiger partial charge in [0.25, 0.3) is 16.8 Å². The van der Waals surface area contributed by atoms with Gasteiger partial charge in [-0.2, -0.15) is 0 Å². The molecule has 1 fully saturated rings. The average molecular weight is 490 g/mol. The van der Waals surface area contributed by atoms with Crippen molar-refractivity contribution in [1.82, 2.24) is 4.90 Å². The van der Waals surface area contributed by atoms with Gasteiger partial charge in [-0.3, -0.25) is 24.6 Å². The molecule has 3 aromatic carbocycles. The van der Waals surface area contributed by atoms with E-state index in [0.29, 0.717) is 16.7 Å². The number of imide groups is 1. The summed E-state index contributed by atoms with van der Waals surface area (Å²) in [6, 6.07) is 19.0. The summed E-state index contributed by atoms with van der Waals surface area (Å²) in [7, 11) is 1.43. The van der Waals surface area contributed by atoms with Crippen LogP contribution in [0, 0.1) is 10.1 Å². The maximum atomic E-state index is 12.8. The van der Waals surface area contributed by atoms with Crippen LogP contribution in [0.5, 0.6) is 11.5 Å². The first-order valence-corrected chi connectivity index (χ1v) is 11.1. The Morgan fingerprint density at radius 1 is 1.03 bits per heavy atom. The van der Waals surface area contributed by atoms with Crippen LogP contribution in [0.4, 0.5) is 10.5 Å².